The molecule has 0 radical (unpaired) electrons. The molecular formula is C27H31N3O2. The Bertz CT molecular complexity index is 1130. The van der Waals surface area contributed by atoms with Crippen LogP contribution in [0.2, 0.25) is 0 Å². The molecule has 0 saturated carbocycles. The van der Waals surface area contributed by atoms with Crippen molar-refractivity contribution in [1.82, 2.24) is 9.88 Å². The fraction of sp³-hybridized carbons (Fsp3) is 0.333. The molecule has 32 heavy (non-hydrogen) atoms. The van der Waals surface area contributed by atoms with Crippen molar-refractivity contribution in [3.05, 3.63) is 83.3 Å². The Labute approximate surface area is 190 Å². The van der Waals surface area contributed by atoms with Crippen LogP contribution in [0.5, 0.6) is 0 Å². The molecule has 0 saturated heterocycles. The zero-order valence-electron chi connectivity index (χ0n) is 19.8. The quantitative estimate of drug-likeness (QED) is 0.435. The molecule has 3 amide bonds. The number of carbonyl (C=O) groups excluding carboxylic acids is 2. The van der Waals surface area contributed by atoms with Gasteiger partial charge < -0.3 is 0 Å². The summed E-state index contributed by atoms with van der Waals surface area (Å²) in [6.07, 6.45) is 11.1. The van der Waals surface area contributed by atoms with Gasteiger partial charge in [0.15, 0.2) is 0 Å². The minimum absolute atomic E-state index is 0.0750. The minimum Gasteiger partial charge on any atom is -0.267 e. The number of amides is 3. The lowest BCUT2D eigenvalue weighted by molar-refractivity contribution is -0.119. The van der Waals surface area contributed by atoms with Crippen molar-refractivity contribution in [1.29, 1.82) is 0 Å². The van der Waals surface area contributed by atoms with E-state index in [1.165, 1.54) is 5.56 Å². The highest BCUT2D eigenvalue weighted by atomic mass is 16.2. The van der Waals surface area contributed by atoms with Crippen LogP contribution in [0, 0.1) is 6.92 Å². The number of fused-ring (bicyclic) bond motifs is 1. The van der Waals surface area contributed by atoms with Gasteiger partial charge in [0.2, 0.25) is 0 Å². The van der Waals surface area contributed by atoms with Crippen molar-refractivity contribution in [2.75, 3.05) is 6.54 Å². The highest BCUT2D eigenvalue weighted by Gasteiger charge is 2.35. The summed E-state index contributed by atoms with van der Waals surface area (Å²) < 4.78 is 0. The van der Waals surface area contributed by atoms with Gasteiger partial charge in [0.05, 0.1) is 24.1 Å². The second-order valence-electron chi connectivity index (χ2n) is 9.49. The van der Waals surface area contributed by atoms with E-state index in [0.29, 0.717) is 0 Å². The highest BCUT2D eigenvalue weighted by molar-refractivity contribution is 6.35. The van der Waals surface area contributed by atoms with Gasteiger partial charge in [0.25, 0.3) is 5.91 Å². The van der Waals surface area contributed by atoms with Crippen LogP contribution in [-0.4, -0.2) is 34.6 Å². The third-order valence-electron chi connectivity index (χ3n) is 6.10. The van der Waals surface area contributed by atoms with Crippen molar-refractivity contribution < 1.29 is 9.59 Å². The normalized spacial score (nSPS) is 19.1. The third-order valence-corrected chi connectivity index (χ3v) is 6.10. The number of aliphatic imine (C=N–C) groups is 1. The smallest absolute Gasteiger partial charge is 0.267 e. The van der Waals surface area contributed by atoms with Crippen LogP contribution in [0.3, 0.4) is 0 Å². The second kappa shape index (κ2) is 8.30. The molecule has 0 fully saturated rings. The molecule has 0 unspecified atom stereocenters. The number of nitrogens with zero attached hydrogens (tertiary/aromatic N) is 3. The molecule has 5 nitrogen and oxygen atoms in total. The average Bonchev–Trinajstić information content (AvgIpc) is 3.05. The van der Waals surface area contributed by atoms with Crippen molar-refractivity contribution in [2.45, 2.75) is 52.4 Å². The molecule has 0 bridgehead atoms. The predicted octanol–water partition coefficient (Wildman–Crippen LogP) is 5.62. The average molecular weight is 430 g/mol. The minimum atomic E-state index is -0.542. The number of urea groups is 1. The number of carbonyl (C=O) groups is 2. The number of aryl methyl sites for hydroxylation is 1. The fourth-order valence-corrected chi connectivity index (χ4v) is 3.86. The number of pyridine rings is 1. The number of hydrogen-bond donors (Lipinski definition) is 0. The first-order valence-electron chi connectivity index (χ1n) is 10.7. The van der Waals surface area contributed by atoms with Crippen LogP contribution in [0.15, 0.2) is 65.7 Å². The molecular weight excluding hydrogens is 398 g/mol. The third kappa shape index (κ3) is 4.33. The lowest BCUT2D eigenvalue weighted by atomic mass is 9.70. The molecule has 1 aliphatic carbocycles. The van der Waals surface area contributed by atoms with E-state index >= 15 is 0 Å². The summed E-state index contributed by atoms with van der Waals surface area (Å²) in [5.74, 6) is -0.403. The standard InChI is InChI=1S/C27H31N3O2/c1-9-20(16-30-22(31)15-28-25(30)32)11-10-17(2)19(4)23-18(3)14-21-24(29-23)27(7,8)13-12-26(21,5)6/h9-15H,2,4,16H2,1,3,5-8H3/b11-10-,20-9+. The van der Waals surface area contributed by atoms with Gasteiger partial charge in [0.1, 0.15) is 0 Å². The molecule has 5 heteroatoms. The lowest BCUT2D eigenvalue weighted by Gasteiger charge is -2.36. The van der Waals surface area contributed by atoms with E-state index in [1.807, 2.05) is 32.1 Å². The van der Waals surface area contributed by atoms with Gasteiger partial charge >= 0.3 is 6.03 Å². The van der Waals surface area contributed by atoms with Crippen LogP contribution in [0.1, 0.15) is 57.1 Å². The summed E-state index contributed by atoms with van der Waals surface area (Å²) in [5, 5.41) is 0. The second-order valence-corrected chi connectivity index (χ2v) is 9.49. The maximum Gasteiger partial charge on any atom is 0.350 e. The number of imide groups is 1. The summed E-state index contributed by atoms with van der Waals surface area (Å²) in [4.78, 5) is 33.2. The van der Waals surface area contributed by atoms with E-state index in [4.69, 9.17) is 4.98 Å². The van der Waals surface area contributed by atoms with Crippen LogP contribution < -0.4 is 0 Å². The Morgan fingerprint density at radius 2 is 1.75 bits per heavy atom. The van der Waals surface area contributed by atoms with E-state index in [9.17, 15) is 9.59 Å². The molecule has 0 N–H and O–H groups in total. The van der Waals surface area contributed by atoms with E-state index in [0.717, 1.165) is 44.8 Å². The zero-order valence-corrected chi connectivity index (χ0v) is 19.8. The van der Waals surface area contributed by atoms with E-state index in [1.54, 1.807) is 0 Å². The van der Waals surface area contributed by atoms with Gasteiger partial charge in [-0.05, 0) is 41.7 Å². The summed E-state index contributed by atoms with van der Waals surface area (Å²) >= 11 is 0. The Balaban J connectivity index is 1.84. The SMILES string of the molecule is C=C(/C=C\C(=C/C)CN1C(=O)C=NC1=O)C(=C)c1nc2c(cc1C)C(C)(C)C=CC2(C)C. The number of hydrogen-bond acceptors (Lipinski definition) is 3. The van der Waals surface area contributed by atoms with Crippen molar-refractivity contribution in [3.8, 4) is 0 Å². The van der Waals surface area contributed by atoms with Crippen LogP contribution >= 0.6 is 0 Å². The number of rotatable bonds is 6. The first-order valence-corrected chi connectivity index (χ1v) is 10.7. The van der Waals surface area contributed by atoms with Crippen LogP contribution in [0.25, 0.3) is 5.57 Å². The summed E-state index contributed by atoms with van der Waals surface area (Å²) in [5.41, 5.74) is 6.21. The topological polar surface area (TPSA) is 62.6 Å². The molecule has 1 aromatic rings. The number of allylic oxidation sites excluding steroid dienone is 6. The van der Waals surface area contributed by atoms with Gasteiger partial charge in [-0.1, -0.05) is 77.3 Å². The van der Waals surface area contributed by atoms with Gasteiger partial charge in [-0.3, -0.25) is 14.7 Å². The van der Waals surface area contributed by atoms with E-state index in [-0.39, 0.29) is 17.4 Å². The first-order chi connectivity index (χ1) is 14.9. The van der Waals surface area contributed by atoms with Gasteiger partial charge in [-0.25, -0.2) is 4.79 Å². The van der Waals surface area contributed by atoms with E-state index in [2.05, 4.69) is 64.1 Å². The molecule has 0 spiro atoms. The molecule has 1 aliphatic heterocycles. The largest absolute Gasteiger partial charge is 0.350 e. The Hall–Kier alpha value is -3.34. The maximum absolute atomic E-state index is 11.8. The van der Waals surface area contributed by atoms with Crippen LogP contribution in [0.4, 0.5) is 4.79 Å². The number of aromatic nitrogens is 1. The van der Waals surface area contributed by atoms with Gasteiger partial charge in [0, 0.05) is 10.8 Å². The van der Waals surface area contributed by atoms with Gasteiger partial charge in [-0.15, -0.1) is 0 Å². The van der Waals surface area contributed by atoms with Gasteiger partial charge in [-0.2, -0.15) is 4.99 Å². The van der Waals surface area contributed by atoms with Crippen molar-refractivity contribution >= 4 is 23.7 Å². The molecule has 0 aromatic carbocycles. The predicted molar refractivity (Wildman–Crippen MR) is 131 cm³/mol. The zero-order chi connectivity index (χ0) is 23.8. The summed E-state index contributed by atoms with van der Waals surface area (Å²) in [7, 11) is 0. The fourth-order valence-electron chi connectivity index (χ4n) is 3.86. The summed E-state index contributed by atoms with van der Waals surface area (Å²) in [6, 6.07) is 1.67. The lowest BCUT2D eigenvalue weighted by Crippen LogP contribution is -2.31. The van der Waals surface area contributed by atoms with Crippen LogP contribution in [-0.2, 0) is 15.6 Å². The molecule has 2 heterocycles. The van der Waals surface area contributed by atoms with Crippen molar-refractivity contribution in [3.63, 3.8) is 0 Å². The first kappa shape index (κ1) is 23.3. The Morgan fingerprint density at radius 1 is 1.09 bits per heavy atom. The Kier molecular flexibility index (Phi) is 6.05. The molecule has 1 aromatic heterocycles. The summed E-state index contributed by atoms with van der Waals surface area (Å²) in [6.45, 7) is 21.3. The molecule has 3 rings (SSSR count). The Morgan fingerprint density at radius 3 is 2.34 bits per heavy atom. The monoisotopic (exact) mass is 429 g/mol. The molecule has 0 atom stereocenters. The highest BCUT2D eigenvalue weighted by Crippen LogP contribution is 2.41. The molecule has 166 valence electrons. The molecule has 2 aliphatic rings. The van der Waals surface area contributed by atoms with Crippen molar-refractivity contribution in [2.24, 2.45) is 4.99 Å². The van der Waals surface area contributed by atoms with E-state index < -0.39 is 11.9 Å². The maximum atomic E-state index is 11.8.